The molecule has 2 bridgehead atoms. The summed E-state index contributed by atoms with van der Waals surface area (Å²) in [6, 6.07) is 3.20. The second-order valence-electron chi connectivity index (χ2n) is 9.11. The molecular formula is C20H27NO6. The Morgan fingerprint density at radius 3 is 2.37 bits per heavy atom. The van der Waals surface area contributed by atoms with Crippen molar-refractivity contribution in [3.05, 3.63) is 33.4 Å². The van der Waals surface area contributed by atoms with Crippen LogP contribution in [0.5, 0.6) is 11.5 Å². The van der Waals surface area contributed by atoms with Gasteiger partial charge in [0.15, 0.2) is 0 Å². The molecule has 2 N–H and O–H groups in total. The zero-order valence-corrected chi connectivity index (χ0v) is 16.2. The smallest absolute Gasteiger partial charge is 0.294 e. The first-order valence-electron chi connectivity index (χ1n) is 9.31. The highest BCUT2D eigenvalue weighted by Gasteiger charge is 2.59. The highest BCUT2D eigenvalue weighted by molar-refractivity contribution is 5.86. The van der Waals surface area contributed by atoms with Crippen molar-refractivity contribution in [2.24, 2.45) is 17.3 Å². The number of phenols is 2. The maximum absolute atomic E-state index is 12.4. The van der Waals surface area contributed by atoms with Crippen LogP contribution in [0.15, 0.2) is 12.1 Å². The monoisotopic (exact) mass is 377 g/mol. The van der Waals surface area contributed by atoms with Crippen LogP contribution in [0, 0.1) is 27.4 Å². The Kier molecular flexibility index (Phi) is 4.60. The molecular weight excluding hydrogens is 350 g/mol. The summed E-state index contributed by atoms with van der Waals surface area (Å²) < 4.78 is 0. The molecule has 0 unspecified atom stereocenters. The molecule has 27 heavy (non-hydrogen) atoms. The van der Waals surface area contributed by atoms with Crippen molar-refractivity contribution in [2.75, 3.05) is 6.61 Å². The number of ketones is 1. The first kappa shape index (κ1) is 19.5. The van der Waals surface area contributed by atoms with E-state index in [1.54, 1.807) is 12.1 Å². The molecule has 148 valence electrons. The number of nitrogens with zero attached hydrogens (tertiary/aromatic N) is 1. The van der Waals surface area contributed by atoms with E-state index in [2.05, 4.69) is 18.7 Å². The lowest BCUT2D eigenvalue weighted by molar-refractivity contribution is -0.758. The molecule has 1 aromatic rings. The van der Waals surface area contributed by atoms with Gasteiger partial charge in [-0.15, -0.1) is 10.1 Å². The summed E-state index contributed by atoms with van der Waals surface area (Å²) in [5, 5.41) is 30.9. The van der Waals surface area contributed by atoms with Crippen LogP contribution in [0.25, 0.3) is 0 Å². The number of hydrogen-bond donors (Lipinski definition) is 2. The van der Waals surface area contributed by atoms with E-state index in [0.717, 1.165) is 6.42 Å². The van der Waals surface area contributed by atoms with Gasteiger partial charge >= 0.3 is 0 Å². The van der Waals surface area contributed by atoms with Crippen LogP contribution in [0.4, 0.5) is 0 Å². The number of rotatable bonds is 6. The van der Waals surface area contributed by atoms with Crippen LogP contribution < -0.4 is 0 Å². The van der Waals surface area contributed by atoms with Crippen molar-refractivity contribution in [3.63, 3.8) is 0 Å². The van der Waals surface area contributed by atoms with Gasteiger partial charge in [0.2, 0.25) is 0 Å². The van der Waals surface area contributed by atoms with Crippen molar-refractivity contribution in [1.82, 2.24) is 0 Å². The number of Topliss-reactive ketones (excluding diaryl/α,β-unsaturated/α-hetero) is 1. The molecule has 0 heterocycles. The number of fused-ring (bicyclic) bond motifs is 2. The normalized spacial score (nSPS) is 26.4. The van der Waals surface area contributed by atoms with Crippen molar-refractivity contribution in [2.45, 2.75) is 58.3 Å². The van der Waals surface area contributed by atoms with Gasteiger partial charge in [-0.05, 0) is 47.3 Å². The quantitative estimate of drug-likeness (QED) is 0.578. The van der Waals surface area contributed by atoms with Crippen molar-refractivity contribution in [3.8, 4) is 11.5 Å². The minimum absolute atomic E-state index is 0.0211. The predicted octanol–water partition coefficient (Wildman–Crippen LogP) is 3.69. The number of aromatic hydroxyl groups is 2. The van der Waals surface area contributed by atoms with Crippen LogP contribution in [0.2, 0.25) is 0 Å². The molecule has 7 heteroatoms. The highest BCUT2D eigenvalue weighted by Crippen LogP contribution is 2.64. The molecule has 3 saturated carbocycles. The van der Waals surface area contributed by atoms with Crippen molar-refractivity contribution < 1.29 is 24.9 Å². The minimum Gasteiger partial charge on any atom is -0.508 e. The summed E-state index contributed by atoms with van der Waals surface area (Å²) >= 11 is 0. The van der Waals surface area contributed by atoms with E-state index < -0.39 is 10.5 Å². The molecule has 3 aliphatic rings. The van der Waals surface area contributed by atoms with Crippen molar-refractivity contribution in [1.29, 1.82) is 0 Å². The lowest BCUT2D eigenvalue weighted by atomic mass is 9.44. The average molecular weight is 377 g/mol. The van der Waals surface area contributed by atoms with Crippen LogP contribution in [0.1, 0.15) is 64.0 Å². The van der Waals surface area contributed by atoms with Gasteiger partial charge in [0.05, 0.1) is 6.61 Å². The first-order chi connectivity index (χ1) is 12.4. The number of carbonyl (C=O) groups excluding carboxylic acids is 1. The zero-order chi connectivity index (χ0) is 20.1. The van der Waals surface area contributed by atoms with Crippen LogP contribution in [-0.2, 0) is 15.0 Å². The third kappa shape index (κ3) is 3.24. The number of phenolic OH excluding ortho intramolecular Hbond substituents is 2. The second-order valence-corrected chi connectivity index (χ2v) is 9.11. The van der Waals surface area contributed by atoms with Crippen LogP contribution in [-0.4, -0.2) is 27.7 Å². The van der Waals surface area contributed by atoms with Gasteiger partial charge < -0.3 is 15.1 Å². The summed E-state index contributed by atoms with van der Waals surface area (Å²) in [5.41, 5.74) is 0.463. The SMILES string of the molecule is CC(C)(CCO[N+](=O)[O-])c1cc(O)c([C@@H]2CC(=O)[C@@H]3C[C@H]2C3(C)C)c(O)c1. The molecule has 0 spiro atoms. The molecule has 3 fully saturated rings. The van der Waals surface area contributed by atoms with E-state index in [4.69, 9.17) is 0 Å². The van der Waals surface area contributed by atoms with Crippen LogP contribution in [0.3, 0.4) is 0 Å². The zero-order valence-electron chi connectivity index (χ0n) is 16.2. The average Bonchev–Trinajstić information content (AvgIpc) is 2.52. The van der Waals surface area contributed by atoms with Crippen LogP contribution >= 0.6 is 0 Å². The van der Waals surface area contributed by atoms with E-state index >= 15 is 0 Å². The molecule has 0 aliphatic heterocycles. The molecule has 7 nitrogen and oxygen atoms in total. The third-order valence-electron chi connectivity index (χ3n) is 6.85. The Bertz CT molecular complexity index is 762. The number of hydrogen-bond acceptors (Lipinski definition) is 6. The van der Waals surface area contributed by atoms with Gasteiger partial charge in [0.1, 0.15) is 17.3 Å². The lowest BCUT2D eigenvalue weighted by Gasteiger charge is -2.59. The Morgan fingerprint density at radius 1 is 1.30 bits per heavy atom. The largest absolute Gasteiger partial charge is 0.508 e. The van der Waals surface area contributed by atoms with E-state index in [1.165, 1.54) is 0 Å². The minimum atomic E-state index is -0.832. The van der Waals surface area contributed by atoms with Gasteiger partial charge in [0.25, 0.3) is 5.09 Å². The molecule has 3 aliphatic carbocycles. The highest BCUT2D eigenvalue weighted by atomic mass is 16.9. The predicted molar refractivity (Wildman–Crippen MR) is 98.1 cm³/mol. The van der Waals surface area contributed by atoms with Gasteiger partial charge in [-0.2, -0.15) is 0 Å². The fraction of sp³-hybridized carbons (Fsp3) is 0.650. The van der Waals surface area contributed by atoms with Gasteiger partial charge in [0, 0.05) is 23.8 Å². The summed E-state index contributed by atoms with van der Waals surface area (Å²) in [5.74, 6) is 0.312. The fourth-order valence-corrected chi connectivity index (χ4v) is 4.91. The third-order valence-corrected chi connectivity index (χ3v) is 6.85. The van der Waals surface area contributed by atoms with Gasteiger partial charge in [-0.1, -0.05) is 27.7 Å². The molecule has 4 rings (SSSR count). The summed E-state index contributed by atoms with van der Waals surface area (Å²) in [6.07, 6.45) is 1.51. The summed E-state index contributed by atoms with van der Waals surface area (Å²) in [4.78, 5) is 27.2. The Labute approximate surface area is 158 Å². The fourth-order valence-electron chi connectivity index (χ4n) is 4.91. The maximum atomic E-state index is 12.4. The van der Waals surface area contributed by atoms with E-state index in [-0.39, 0.29) is 47.1 Å². The Morgan fingerprint density at radius 2 is 1.89 bits per heavy atom. The van der Waals surface area contributed by atoms with E-state index in [1.807, 2.05) is 13.8 Å². The number of benzene rings is 1. The van der Waals surface area contributed by atoms with Gasteiger partial charge in [-0.3, -0.25) is 4.79 Å². The molecule has 0 amide bonds. The maximum Gasteiger partial charge on any atom is 0.294 e. The Balaban J connectivity index is 1.87. The standard InChI is InChI=1S/C20H27NO6/c1-19(2,5-6-27-21(25)26)11-7-16(23)18(17(24)8-11)12-9-15(22)14-10-13(12)20(14,3)4/h7-8,12-14,23-24H,5-6,9-10H2,1-4H3/t12-,13-,14+/m1/s1. The lowest BCUT2D eigenvalue weighted by Crippen LogP contribution is -2.56. The topological polar surface area (TPSA) is 110 Å². The van der Waals surface area contributed by atoms with E-state index in [0.29, 0.717) is 24.0 Å². The summed E-state index contributed by atoms with van der Waals surface area (Å²) in [7, 11) is 0. The molecule has 0 aromatic heterocycles. The molecule has 0 saturated heterocycles. The number of carbonyl (C=O) groups is 1. The second kappa shape index (κ2) is 6.39. The van der Waals surface area contributed by atoms with E-state index in [9.17, 15) is 25.1 Å². The van der Waals surface area contributed by atoms with Gasteiger partial charge in [-0.25, -0.2) is 0 Å². The first-order valence-corrected chi connectivity index (χ1v) is 9.31. The van der Waals surface area contributed by atoms with Crippen molar-refractivity contribution >= 4 is 5.78 Å². The molecule has 1 aromatic carbocycles. The Hall–Kier alpha value is -2.31. The molecule has 3 atom stereocenters. The summed E-state index contributed by atoms with van der Waals surface area (Å²) in [6.45, 7) is 7.83. The molecule has 0 radical (unpaired) electrons.